The summed E-state index contributed by atoms with van der Waals surface area (Å²) in [6.45, 7) is 4.08. The van der Waals surface area contributed by atoms with Crippen LogP contribution in [0.25, 0.3) is 0 Å². The van der Waals surface area contributed by atoms with E-state index in [4.69, 9.17) is 0 Å². The minimum Gasteiger partial charge on any atom is -0.468 e. The van der Waals surface area contributed by atoms with E-state index < -0.39 is 0 Å². The second-order valence-corrected chi connectivity index (χ2v) is 7.17. The van der Waals surface area contributed by atoms with Gasteiger partial charge in [0.1, 0.15) is 0 Å². The average Bonchev–Trinajstić information content (AvgIpc) is 2.68. The second kappa shape index (κ2) is 10.6. The number of benzene rings is 2. The summed E-state index contributed by atoms with van der Waals surface area (Å²) < 4.78 is 4.63. The molecule has 0 aliphatic rings. The van der Waals surface area contributed by atoms with Gasteiger partial charge < -0.3 is 15.4 Å². The van der Waals surface area contributed by atoms with Crippen molar-refractivity contribution in [2.75, 3.05) is 18.2 Å². The topological polar surface area (TPSA) is 67.4 Å². The Bertz CT molecular complexity index is 762. The number of aryl methyl sites for hydroxylation is 1. The highest BCUT2D eigenvalue weighted by Gasteiger charge is 2.10. The molecule has 5 nitrogen and oxygen atoms in total. The van der Waals surface area contributed by atoms with Crippen LogP contribution in [0.15, 0.2) is 48.5 Å². The molecular formula is C21H26N2O3S. The maximum absolute atomic E-state index is 12.3. The first-order chi connectivity index (χ1) is 13.0. The molecule has 2 aromatic carbocycles. The lowest BCUT2D eigenvalue weighted by Crippen LogP contribution is -2.31. The van der Waals surface area contributed by atoms with Crippen LogP contribution in [0.3, 0.4) is 0 Å². The molecule has 27 heavy (non-hydrogen) atoms. The van der Waals surface area contributed by atoms with Crippen molar-refractivity contribution in [3.8, 4) is 0 Å². The number of carbonyl (C=O) groups is 2. The van der Waals surface area contributed by atoms with Gasteiger partial charge in [0.05, 0.1) is 18.9 Å². The minimum atomic E-state index is -0.249. The molecule has 6 heteroatoms. The molecule has 2 rings (SSSR count). The second-order valence-electron chi connectivity index (χ2n) is 6.18. The molecule has 0 heterocycles. The summed E-state index contributed by atoms with van der Waals surface area (Å²) in [6, 6.07) is 15.5. The number of hydrogen-bond acceptors (Lipinski definition) is 4. The predicted molar refractivity (Wildman–Crippen MR) is 111 cm³/mol. The van der Waals surface area contributed by atoms with Crippen LogP contribution in [0.4, 0.5) is 10.5 Å². The Hall–Kier alpha value is -2.47. The Balaban J connectivity index is 1.87. The maximum atomic E-state index is 12.3. The lowest BCUT2D eigenvalue weighted by molar-refractivity contribution is -0.137. The van der Waals surface area contributed by atoms with E-state index >= 15 is 0 Å². The molecule has 2 N–H and O–H groups in total. The van der Waals surface area contributed by atoms with Crippen LogP contribution < -0.4 is 10.6 Å². The van der Waals surface area contributed by atoms with E-state index in [0.29, 0.717) is 11.5 Å². The molecule has 2 aromatic rings. The Morgan fingerprint density at radius 2 is 1.85 bits per heavy atom. The van der Waals surface area contributed by atoms with Gasteiger partial charge in [0, 0.05) is 11.4 Å². The van der Waals surface area contributed by atoms with Crippen molar-refractivity contribution < 1.29 is 14.3 Å². The molecule has 0 aliphatic heterocycles. The highest BCUT2D eigenvalue weighted by atomic mass is 32.2. The van der Waals surface area contributed by atoms with Gasteiger partial charge in [0.2, 0.25) is 0 Å². The summed E-state index contributed by atoms with van der Waals surface area (Å²) in [5.74, 6) is 0.740. The number of thioether (sulfide) groups is 1. The number of methoxy groups -OCH3 is 1. The Kier molecular flexibility index (Phi) is 8.20. The summed E-state index contributed by atoms with van der Waals surface area (Å²) in [5.41, 5.74) is 4.09. The van der Waals surface area contributed by atoms with Gasteiger partial charge in [-0.1, -0.05) is 43.3 Å². The Morgan fingerprint density at radius 1 is 1.11 bits per heavy atom. The molecule has 0 radical (unpaired) electrons. The van der Waals surface area contributed by atoms with Crippen LogP contribution in [0.2, 0.25) is 0 Å². The summed E-state index contributed by atoms with van der Waals surface area (Å²) in [5, 5.41) is 5.82. The summed E-state index contributed by atoms with van der Waals surface area (Å²) >= 11 is 1.47. The van der Waals surface area contributed by atoms with E-state index in [1.807, 2.05) is 43.3 Å². The number of ether oxygens (including phenoxy) is 1. The molecule has 0 saturated carbocycles. The largest absolute Gasteiger partial charge is 0.468 e. The molecule has 1 atom stereocenters. The van der Waals surface area contributed by atoms with E-state index in [-0.39, 0.29) is 18.0 Å². The van der Waals surface area contributed by atoms with Crippen molar-refractivity contribution >= 4 is 29.4 Å². The molecule has 0 aliphatic carbocycles. The lowest BCUT2D eigenvalue weighted by atomic mass is 10.1. The van der Waals surface area contributed by atoms with Crippen molar-refractivity contribution in [3.63, 3.8) is 0 Å². The summed E-state index contributed by atoms with van der Waals surface area (Å²) in [7, 11) is 1.38. The third-order valence-electron chi connectivity index (χ3n) is 4.14. The van der Waals surface area contributed by atoms with Crippen molar-refractivity contribution in [2.24, 2.45) is 0 Å². The van der Waals surface area contributed by atoms with Gasteiger partial charge >= 0.3 is 12.0 Å². The van der Waals surface area contributed by atoms with Gasteiger partial charge in [0.15, 0.2) is 0 Å². The minimum absolute atomic E-state index is 0.0882. The number of anilines is 1. The SMILES string of the molecule is CCc1ccc(C(C)NC(=O)Nc2cccc(CSCC(=O)OC)c2)cc1. The van der Waals surface area contributed by atoms with Crippen LogP contribution in [0.5, 0.6) is 0 Å². The number of nitrogens with one attached hydrogen (secondary N) is 2. The average molecular weight is 387 g/mol. The number of amides is 2. The monoisotopic (exact) mass is 386 g/mol. The van der Waals surface area contributed by atoms with E-state index in [2.05, 4.69) is 34.4 Å². The predicted octanol–water partition coefficient (Wildman–Crippen LogP) is 4.54. The van der Waals surface area contributed by atoms with Gasteiger partial charge in [0.25, 0.3) is 0 Å². The highest BCUT2D eigenvalue weighted by Crippen LogP contribution is 2.18. The standard InChI is InChI=1S/C21H26N2O3S/c1-4-16-8-10-18(11-9-16)15(2)22-21(25)23-19-7-5-6-17(12-19)13-27-14-20(24)26-3/h5-12,15H,4,13-14H2,1-3H3,(H2,22,23,25). The van der Waals surface area contributed by atoms with Crippen LogP contribution >= 0.6 is 11.8 Å². The zero-order valence-electron chi connectivity index (χ0n) is 16.0. The third kappa shape index (κ3) is 6.98. The summed E-state index contributed by atoms with van der Waals surface area (Å²) in [4.78, 5) is 23.4. The van der Waals surface area contributed by atoms with Crippen molar-refractivity contribution in [1.82, 2.24) is 5.32 Å². The molecule has 0 spiro atoms. The van der Waals surface area contributed by atoms with Crippen LogP contribution in [0.1, 0.15) is 36.6 Å². The molecule has 2 amide bonds. The van der Waals surface area contributed by atoms with Gasteiger partial charge in [-0.25, -0.2) is 4.79 Å². The number of esters is 1. The van der Waals surface area contributed by atoms with Crippen molar-refractivity contribution in [1.29, 1.82) is 0 Å². The normalized spacial score (nSPS) is 11.5. The molecule has 0 saturated heterocycles. The molecule has 144 valence electrons. The van der Waals surface area contributed by atoms with Gasteiger partial charge in [-0.3, -0.25) is 4.79 Å². The van der Waals surface area contributed by atoms with Crippen molar-refractivity contribution in [2.45, 2.75) is 32.1 Å². The van der Waals surface area contributed by atoms with Crippen LogP contribution in [0, 0.1) is 0 Å². The van der Waals surface area contributed by atoms with Crippen molar-refractivity contribution in [3.05, 3.63) is 65.2 Å². The lowest BCUT2D eigenvalue weighted by Gasteiger charge is -2.16. The number of carbonyl (C=O) groups excluding carboxylic acids is 2. The van der Waals surface area contributed by atoms with Crippen LogP contribution in [-0.2, 0) is 21.7 Å². The smallest absolute Gasteiger partial charge is 0.319 e. The number of urea groups is 1. The maximum Gasteiger partial charge on any atom is 0.319 e. The van der Waals surface area contributed by atoms with E-state index in [1.165, 1.54) is 24.4 Å². The molecule has 0 fully saturated rings. The van der Waals surface area contributed by atoms with E-state index in [1.54, 1.807) is 0 Å². The van der Waals surface area contributed by atoms with E-state index in [0.717, 1.165) is 23.2 Å². The quantitative estimate of drug-likeness (QED) is 0.654. The number of hydrogen-bond donors (Lipinski definition) is 2. The van der Waals surface area contributed by atoms with Crippen LogP contribution in [-0.4, -0.2) is 24.9 Å². The number of rotatable bonds is 8. The highest BCUT2D eigenvalue weighted by molar-refractivity contribution is 7.99. The fourth-order valence-electron chi connectivity index (χ4n) is 2.54. The first-order valence-electron chi connectivity index (χ1n) is 8.91. The Morgan fingerprint density at radius 3 is 2.52 bits per heavy atom. The van der Waals surface area contributed by atoms with E-state index in [9.17, 15) is 9.59 Å². The van der Waals surface area contributed by atoms with Gasteiger partial charge in [-0.15, -0.1) is 11.8 Å². The zero-order chi connectivity index (χ0) is 19.6. The first kappa shape index (κ1) is 20.8. The third-order valence-corrected chi connectivity index (χ3v) is 5.11. The molecule has 1 unspecified atom stereocenters. The Labute approximate surface area is 164 Å². The van der Waals surface area contributed by atoms with Gasteiger partial charge in [-0.05, 0) is 42.2 Å². The fraction of sp³-hybridized carbons (Fsp3) is 0.333. The molecule has 0 bridgehead atoms. The first-order valence-corrected chi connectivity index (χ1v) is 10.1. The zero-order valence-corrected chi connectivity index (χ0v) is 16.8. The fourth-order valence-corrected chi connectivity index (χ4v) is 3.34. The summed E-state index contributed by atoms with van der Waals surface area (Å²) in [6.07, 6.45) is 0.997. The molecular weight excluding hydrogens is 360 g/mol. The van der Waals surface area contributed by atoms with Gasteiger partial charge in [-0.2, -0.15) is 0 Å². The molecule has 0 aromatic heterocycles.